The Kier molecular flexibility index (Phi) is 12.1. The lowest BCUT2D eigenvalue weighted by Gasteiger charge is -2.28. The van der Waals surface area contributed by atoms with Crippen molar-refractivity contribution in [3.05, 3.63) is 70.3 Å². The molecule has 3 aromatic carbocycles. The van der Waals surface area contributed by atoms with Crippen molar-refractivity contribution in [3.8, 4) is 5.75 Å². The van der Waals surface area contributed by atoms with E-state index in [1.54, 1.807) is 18.0 Å². The minimum atomic E-state index is -4.91. The van der Waals surface area contributed by atoms with E-state index in [2.05, 4.69) is 9.93 Å². The second kappa shape index (κ2) is 15.1. The second-order valence-electron chi connectivity index (χ2n) is 9.85. The highest BCUT2D eigenvalue weighted by atomic mass is 32.2. The van der Waals surface area contributed by atoms with E-state index in [1.807, 2.05) is 49.3 Å². The molecule has 0 aliphatic rings. The van der Waals surface area contributed by atoms with Crippen molar-refractivity contribution in [1.82, 2.24) is 9.73 Å². The van der Waals surface area contributed by atoms with E-state index in [0.717, 1.165) is 16.5 Å². The van der Waals surface area contributed by atoms with Crippen LogP contribution < -0.4 is 14.5 Å². The largest absolute Gasteiger partial charge is 0.487 e. The molecule has 3 aromatic rings. The molecule has 0 spiro atoms. The van der Waals surface area contributed by atoms with E-state index < -0.39 is 37.4 Å². The molecule has 0 saturated heterocycles. The van der Waals surface area contributed by atoms with Crippen LogP contribution in [0.2, 0.25) is 0 Å². The molecule has 0 aromatic heterocycles. The fourth-order valence-electron chi connectivity index (χ4n) is 4.13. The molecule has 17 heteroatoms. The first kappa shape index (κ1) is 34.5. The summed E-state index contributed by atoms with van der Waals surface area (Å²) in [6, 6.07) is 15.5. The van der Waals surface area contributed by atoms with Gasteiger partial charge in [-0.1, -0.05) is 24.3 Å². The van der Waals surface area contributed by atoms with E-state index in [9.17, 15) is 38.7 Å². The standard InChI is InChI=1S/C26H35N5O9P2S/c1-29(2)22-9-4-8-21-20(22)7-5-10-25(21)43(39)28-27-18-19-11-12-23(31(33)34)24(17-19)40-16-6-14-30(3)15-13-26(32,41-35)42(36,37)38/h4-5,7-12,17-18,28,32,35,41H,6,13-16H2,1-3H3,(H2,36,37,38)/b27-18+. The third-order valence-corrected chi connectivity index (χ3v) is 10.5. The molecule has 0 aliphatic carbocycles. The first-order chi connectivity index (χ1) is 20.3. The number of nitrogens with zero attached hydrogens (tertiary/aromatic N) is 4. The number of fused-ring (bicyclic) bond motifs is 1. The van der Waals surface area contributed by atoms with Crippen molar-refractivity contribution in [3.63, 3.8) is 0 Å². The highest BCUT2D eigenvalue weighted by molar-refractivity contribution is 7.83. The molecule has 234 valence electrons. The molecular formula is C26H35N5O9P2S. The minimum Gasteiger partial charge on any atom is -0.487 e. The fraction of sp³-hybridized carbons (Fsp3) is 0.346. The van der Waals surface area contributed by atoms with Gasteiger partial charge in [-0.25, -0.2) is 9.04 Å². The van der Waals surface area contributed by atoms with E-state index in [1.165, 1.54) is 24.4 Å². The van der Waals surface area contributed by atoms with Crippen LogP contribution in [0.1, 0.15) is 18.4 Å². The Balaban J connectivity index is 1.61. The number of benzene rings is 3. The molecule has 0 radical (unpaired) electrons. The molecule has 0 amide bonds. The summed E-state index contributed by atoms with van der Waals surface area (Å²) in [6.45, 7) is 0.570. The van der Waals surface area contributed by atoms with Gasteiger partial charge in [-0.2, -0.15) is 5.10 Å². The van der Waals surface area contributed by atoms with Crippen LogP contribution in [0.4, 0.5) is 11.4 Å². The van der Waals surface area contributed by atoms with Gasteiger partial charge < -0.3 is 34.3 Å². The molecule has 14 nitrogen and oxygen atoms in total. The van der Waals surface area contributed by atoms with Crippen molar-refractivity contribution >= 4 is 55.8 Å². The summed E-state index contributed by atoms with van der Waals surface area (Å²) in [5, 5.41) is 24.9. The van der Waals surface area contributed by atoms with Crippen LogP contribution in [-0.2, 0) is 15.6 Å². The van der Waals surface area contributed by atoms with Crippen LogP contribution in [0.5, 0.6) is 5.75 Å². The minimum absolute atomic E-state index is 0.0142. The summed E-state index contributed by atoms with van der Waals surface area (Å²) < 4.78 is 30.1. The molecule has 0 bridgehead atoms. The average Bonchev–Trinajstić information content (AvgIpc) is 2.96. The van der Waals surface area contributed by atoms with Crippen molar-refractivity contribution in [2.45, 2.75) is 22.8 Å². The number of hydrogen-bond donors (Lipinski definition) is 5. The Morgan fingerprint density at radius 1 is 1.14 bits per heavy atom. The predicted molar refractivity (Wildman–Crippen MR) is 168 cm³/mol. The van der Waals surface area contributed by atoms with Gasteiger partial charge in [-0.05, 0) is 43.3 Å². The highest BCUT2D eigenvalue weighted by Gasteiger charge is 2.45. The maximum Gasteiger partial charge on any atom is 0.363 e. The van der Waals surface area contributed by atoms with Crippen LogP contribution in [-0.4, -0.2) is 86.0 Å². The molecule has 3 rings (SSSR count). The topological polar surface area (TPSA) is 198 Å². The first-order valence-electron chi connectivity index (χ1n) is 13.0. The van der Waals surface area contributed by atoms with Crippen LogP contribution in [0.15, 0.2) is 64.6 Å². The summed E-state index contributed by atoms with van der Waals surface area (Å²) in [4.78, 5) is 45.5. The number of hydrogen-bond acceptors (Lipinski definition) is 10. The molecule has 3 atom stereocenters. The number of hydrazone groups is 1. The van der Waals surface area contributed by atoms with E-state index in [4.69, 9.17) is 4.74 Å². The second-order valence-corrected chi connectivity index (χ2v) is 14.3. The van der Waals surface area contributed by atoms with Gasteiger partial charge in [0.05, 0.1) is 31.4 Å². The lowest BCUT2D eigenvalue weighted by Crippen LogP contribution is -2.31. The van der Waals surface area contributed by atoms with Crippen molar-refractivity contribution in [1.29, 1.82) is 0 Å². The number of nitrogens with one attached hydrogen (secondary N) is 1. The van der Waals surface area contributed by atoms with Crippen molar-refractivity contribution in [2.24, 2.45) is 5.10 Å². The van der Waals surface area contributed by atoms with Gasteiger partial charge in [0.1, 0.15) is 0 Å². The Hall–Kier alpha value is -3.00. The Bertz CT molecular complexity index is 1540. The number of nitro groups is 1. The van der Waals surface area contributed by atoms with Crippen LogP contribution in [0, 0.1) is 10.1 Å². The summed E-state index contributed by atoms with van der Waals surface area (Å²) in [5.74, 6) is 0.0142. The third-order valence-electron chi connectivity index (χ3n) is 6.52. The molecule has 43 heavy (non-hydrogen) atoms. The van der Waals surface area contributed by atoms with Gasteiger partial charge in [-0.15, -0.1) is 0 Å². The summed E-state index contributed by atoms with van der Waals surface area (Å²) in [7, 11) is -2.40. The Morgan fingerprint density at radius 2 is 1.84 bits per heavy atom. The Labute approximate surface area is 253 Å². The smallest absolute Gasteiger partial charge is 0.363 e. The zero-order valence-corrected chi connectivity index (χ0v) is 26.5. The molecular weight excluding hydrogens is 620 g/mol. The van der Waals surface area contributed by atoms with Crippen LogP contribution in [0.3, 0.4) is 0 Å². The monoisotopic (exact) mass is 655 g/mol. The van der Waals surface area contributed by atoms with Gasteiger partial charge in [0.15, 0.2) is 16.7 Å². The number of rotatable bonds is 16. The number of ether oxygens (including phenoxy) is 1. The number of nitro benzene ring substituents is 1. The van der Waals surface area contributed by atoms with E-state index in [0.29, 0.717) is 23.4 Å². The fourth-order valence-corrected chi connectivity index (χ4v) is 6.10. The quantitative estimate of drug-likeness (QED) is 0.0500. The van der Waals surface area contributed by atoms with Gasteiger partial charge in [-0.3, -0.25) is 14.7 Å². The summed E-state index contributed by atoms with van der Waals surface area (Å²) in [5.41, 5.74) is 1.21. The maximum atomic E-state index is 13.0. The van der Waals surface area contributed by atoms with Crippen LogP contribution >= 0.6 is 16.4 Å². The highest BCUT2D eigenvalue weighted by Crippen LogP contribution is 2.58. The third kappa shape index (κ3) is 9.01. The zero-order chi connectivity index (χ0) is 31.8. The molecule has 5 N–H and O–H groups in total. The van der Waals surface area contributed by atoms with Gasteiger partial charge in [0.2, 0.25) is 5.08 Å². The number of anilines is 1. The number of aliphatic hydroxyl groups is 1. The summed E-state index contributed by atoms with van der Waals surface area (Å²) >= 11 is 0. The van der Waals surface area contributed by atoms with Gasteiger partial charge in [0, 0.05) is 56.1 Å². The SMILES string of the molecule is CN(CCCOc1cc(/C=N/NS(=O)c2cccc3c(N(C)C)cccc23)ccc1[N+](=O)[O-])CCC(O)(PO)P(=O)(O)O. The molecule has 0 heterocycles. The van der Waals surface area contributed by atoms with Crippen LogP contribution in [0.25, 0.3) is 10.8 Å². The average molecular weight is 656 g/mol. The van der Waals surface area contributed by atoms with E-state index in [-0.39, 0.29) is 31.0 Å². The summed E-state index contributed by atoms with van der Waals surface area (Å²) in [6.07, 6.45) is 1.44. The molecule has 3 unspecified atom stereocenters. The lowest BCUT2D eigenvalue weighted by atomic mass is 10.1. The Morgan fingerprint density at radius 3 is 2.49 bits per heavy atom. The van der Waals surface area contributed by atoms with E-state index >= 15 is 0 Å². The molecule has 0 saturated carbocycles. The molecule has 0 aliphatic heterocycles. The normalized spacial score (nSPS) is 14.4. The predicted octanol–water partition coefficient (Wildman–Crippen LogP) is 2.96. The first-order valence-corrected chi connectivity index (χ1v) is 16.7. The molecule has 0 fully saturated rings. The van der Waals surface area contributed by atoms with Gasteiger partial charge >= 0.3 is 13.3 Å². The zero-order valence-electron chi connectivity index (χ0n) is 23.8. The maximum absolute atomic E-state index is 13.0. The van der Waals surface area contributed by atoms with Gasteiger partial charge in [0.25, 0.3) is 0 Å². The van der Waals surface area contributed by atoms with Crippen molar-refractivity contribution < 1.29 is 38.2 Å². The van der Waals surface area contributed by atoms with Crippen molar-refractivity contribution in [2.75, 3.05) is 45.7 Å². The lowest BCUT2D eigenvalue weighted by molar-refractivity contribution is -0.385.